The van der Waals surface area contributed by atoms with Crippen LogP contribution in [-0.2, 0) is 4.74 Å². The van der Waals surface area contributed by atoms with E-state index in [4.69, 9.17) is 6.17 Å². The number of alkyl carbamates (subject to hydrolysis) is 1. The predicted octanol–water partition coefficient (Wildman–Crippen LogP) is 2.54. The van der Waals surface area contributed by atoms with E-state index < -0.39 is 17.4 Å². The minimum atomic E-state index is -1.26. The largest absolute Gasteiger partial charge is 0.444 e. The molecule has 0 unspecified atom stereocenters. The molecule has 5 heteroatoms. The summed E-state index contributed by atoms with van der Waals surface area (Å²) in [4.78, 5) is 11.6. The highest BCUT2D eigenvalue weighted by molar-refractivity contribution is 5.68. The zero-order valence-electron chi connectivity index (χ0n) is 12.4. The summed E-state index contributed by atoms with van der Waals surface area (Å²) in [6, 6.07) is -0.0318. The molecule has 1 rings (SSSR count). The number of hydrogen-bond donors (Lipinski definition) is 2. The molecule has 0 aromatic carbocycles. The van der Waals surface area contributed by atoms with Crippen molar-refractivity contribution in [2.75, 3.05) is 6.61 Å². The first kappa shape index (κ1) is 13.6. The summed E-state index contributed by atoms with van der Waals surface area (Å²) >= 11 is 0. The number of alkyl halides is 1. The summed E-state index contributed by atoms with van der Waals surface area (Å²) in [5.74, 6) is 0. The molecule has 0 spiro atoms. The Morgan fingerprint density at radius 3 is 2.67 bits per heavy atom. The first-order valence-electron chi connectivity index (χ1n) is 6.91. The van der Waals surface area contributed by atoms with Gasteiger partial charge in [-0.3, -0.25) is 0 Å². The monoisotopic (exact) mass is 263 g/mol. The Morgan fingerprint density at radius 2 is 2.17 bits per heavy atom. The fourth-order valence-electron chi connectivity index (χ4n) is 2.19. The van der Waals surface area contributed by atoms with E-state index in [1.807, 2.05) is 0 Å². The Balaban J connectivity index is 2.32. The third-order valence-electron chi connectivity index (χ3n) is 3.15. The van der Waals surface area contributed by atoms with Crippen molar-refractivity contribution >= 4 is 6.09 Å². The van der Waals surface area contributed by atoms with Crippen LogP contribution in [0.3, 0.4) is 0 Å². The summed E-state index contributed by atoms with van der Waals surface area (Å²) in [7, 11) is 0. The van der Waals surface area contributed by atoms with Gasteiger partial charge < -0.3 is 15.2 Å². The smallest absolute Gasteiger partial charge is 0.407 e. The van der Waals surface area contributed by atoms with Crippen LogP contribution in [0, 0.1) is 0 Å². The van der Waals surface area contributed by atoms with Crippen LogP contribution < -0.4 is 5.32 Å². The van der Waals surface area contributed by atoms with E-state index in [1.165, 1.54) is 0 Å². The molecule has 1 aliphatic rings. The summed E-state index contributed by atoms with van der Waals surface area (Å²) in [6.45, 7) is 5.53. The van der Waals surface area contributed by atoms with Crippen molar-refractivity contribution < 1.29 is 19.0 Å². The van der Waals surface area contributed by atoms with E-state index in [1.54, 1.807) is 20.8 Å². The molecule has 1 aliphatic carbocycles. The maximum atomic E-state index is 14.2. The number of aliphatic hydroxyl groups is 1. The van der Waals surface area contributed by atoms with Gasteiger partial charge in [-0.1, -0.05) is 0 Å². The number of hydrogen-bond acceptors (Lipinski definition) is 3. The lowest BCUT2D eigenvalue weighted by Gasteiger charge is -2.34. The van der Waals surface area contributed by atoms with Crippen LogP contribution in [0.25, 0.3) is 0 Å². The van der Waals surface area contributed by atoms with Crippen molar-refractivity contribution in [2.45, 2.75) is 70.2 Å². The number of carbonyl (C=O) groups is 1. The summed E-state index contributed by atoms with van der Waals surface area (Å²) in [6.07, 6.45) is 1.75. The van der Waals surface area contributed by atoms with E-state index in [0.717, 1.165) is 0 Å². The zero-order chi connectivity index (χ0) is 14.5. The van der Waals surface area contributed by atoms with Gasteiger partial charge in [-0.2, -0.15) is 0 Å². The molecule has 0 saturated heterocycles. The lowest BCUT2D eigenvalue weighted by Crippen LogP contribution is -2.43. The molecule has 0 heterocycles. The lowest BCUT2D eigenvalue weighted by atomic mass is 9.82. The molecular formula is C13H24FNO3. The number of aliphatic hydroxyl groups excluding tert-OH is 1. The number of nitrogens with one attached hydrogen (secondary N) is 1. The maximum absolute atomic E-state index is 14.2. The second-order valence-electron chi connectivity index (χ2n) is 6.03. The third-order valence-corrected chi connectivity index (χ3v) is 3.15. The van der Waals surface area contributed by atoms with Crippen LogP contribution in [0.1, 0.15) is 52.9 Å². The molecule has 0 atom stereocenters. The first-order chi connectivity index (χ1) is 8.74. The topological polar surface area (TPSA) is 58.6 Å². The Kier molecular flexibility index (Phi) is 4.43. The van der Waals surface area contributed by atoms with Gasteiger partial charge in [0.25, 0.3) is 0 Å². The van der Waals surface area contributed by atoms with Crippen molar-refractivity contribution in [1.29, 1.82) is 1.43 Å². The van der Waals surface area contributed by atoms with E-state index in [0.29, 0.717) is 25.7 Å². The molecule has 0 radical (unpaired) electrons. The molecule has 1 fully saturated rings. The van der Waals surface area contributed by atoms with Gasteiger partial charge in [0.15, 0.2) is 0 Å². The molecule has 0 aliphatic heterocycles. The highest BCUT2D eigenvalue weighted by Crippen LogP contribution is 2.34. The van der Waals surface area contributed by atoms with E-state index >= 15 is 0 Å². The normalized spacial score (nSPS) is 29.6. The third kappa shape index (κ3) is 5.21. The van der Waals surface area contributed by atoms with Gasteiger partial charge in [0, 0.05) is 19.1 Å². The van der Waals surface area contributed by atoms with Gasteiger partial charge in [-0.05, 0) is 46.5 Å². The molecule has 4 nitrogen and oxygen atoms in total. The van der Waals surface area contributed by atoms with Crippen molar-refractivity contribution in [1.82, 2.24) is 5.32 Å². The molecule has 1 amide bonds. The quantitative estimate of drug-likeness (QED) is 0.819. The Hall–Kier alpha value is -0.840. The minimum Gasteiger partial charge on any atom is -0.444 e. The second kappa shape index (κ2) is 5.87. The molecular weight excluding hydrogens is 237 g/mol. The van der Waals surface area contributed by atoms with E-state index in [2.05, 4.69) is 10.4 Å². The average Bonchev–Trinajstić information content (AvgIpc) is 2.28. The highest BCUT2D eigenvalue weighted by atomic mass is 19.1. The predicted molar refractivity (Wildman–Crippen MR) is 67.2 cm³/mol. The van der Waals surface area contributed by atoms with Crippen molar-refractivity contribution in [2.24, 2.45) is 0 Å². The molecule has 106 valence electrons. The van der Waals surface area contributed by atoms with Gasteiger partial charge in [0.05, 0.1) is 0 Å². The Bertz CT molecular complexity index is 299. The Labute approximate surface area is 109 Å². The van der Waals surface area contributed by atoms with Crippen LogP contribution in [0.4, 0.5) is 9.18 Å². The molecule has 0 bridgehead atoms. The van der Waals surface area contributed by atoms with Crippen LogP contribution in [0.2, 0.25) is 0 Å². The zero-order valence-corrected chi connectivity index (χ0v) is 11.4. The van der Waals surface area contributed by atoms with Crippen LogP contribution in [-0.4, -0.2) is 36.6 Å². The SMILES string of the molecule is [3H]OCCC1(F)CCC(NC(=O)OC(C)(C)C)CC1. The Morgan fingerprint density at radius 1 is 1.56 bits per heavy atom. The second-order valence-corrected chi connectivity index (χ2v) is 6.03. The number of amides is 1. The summed E-state index contributed by atoms with van der Waals surface area (Å²) in [5, 5.41) is 6.95. The maximum Gasteiger partial charge on any atom is 0.407 e. The van der Waals surface area contributed by atoms with Gasteiger partial charge in [0.1, 0.15) is 11.3 Å². The minimum absolute atomic E-state index is 0.0318. The van der Waals surface area contributed by atoms with Crippen LogP contribution in [0.5, 0.6) is 0 Å². The lowest BCUT2D eigenvalue weighted by molar-refractivity contribution is 0.0382. The number of halogens is 1. The number of carbonyl (C=O) groups excluding carboxylic acids is 1. The van der Waals surface area contributed by atoms with Crippen LogP contribution in [0.15, 0.2) is 0 Å². The van der Waals surface area contributed by atoms with Gasteiger partial charge in [0.2, 0.25) is 1.43 Å². The molecule has 0 aromatic heterocycles. The highest BCUT2D eigenvalue weighted by Gasteiger charge is 2.35. The fourth-order valence-corrected chi connectivity index (χ4v) is 2.19. The molecule has 0 aromatic rings. The van der Waals surface area contributed by atoms with Crippen LogP contribution >= 0.6 is 0 Å². The number of rotatable bonds is 4. The van der Waals surface area contributed by atoms with E-state index in [9.17, 15) is 9.18 Å². The van der Waals surface area contributed by atoms with Crippen molar-refractivity contribution in [3.05, 3.63) is 0 Å². The van der Waals surface area contributed by atoms with E-state index in [-0.39, 0.29) is 19.1 Å². The molecule has 18 heavy (non-hydrogen) atoms. The van der Waals surface area contributed by atoms with Crippen molar-refractivity contribution in [3.8, 4) is 0 Å². The van der Waals surface area contributed by atoms with Crippen molar-refractivity contribution in [3.63, 3.8) is 0 Å². The van der Waals surface area contributed by atoms with Gasteiger partial charge >= 0.3 is 6.09 Å². The summed E-state index contributed by atoms with van der Waals surface area (Å²) in [5.41, 5.74) is -1.78. The van der Waals surface area contributed by atoms with Gasteiger partial charge in [-0.15, -0.1) is 0 Å². The average molecular weight is 263 g/mol. The number of ether oxygens (including phenoxy) is 1. The molecule has 1 saturated carbocycles. The molecule has 2 N–H and O–H groups in total. The standard InChI is InChI=1S/C13H24FNO3/c1-12(2,3)18-11(17)15-10-4-6-13(14,7-5-10)8-9-16/h10,16H,4-9H2,1-3H3,(H,15,17)/i16T. The van der Waals surface area contributed by atoms with Gasteiger partial charge in [-0.25, -0.2) is 9.18 Å². The first-order valence-corrected chi connectivity index (χ1v) is 6.51. The fraction of sp³-hybridized carbons (Fsp3) is 0.923. The summed E-state index contributed by atoms with van der Waals surface area (Å²) < 4.78 is 26.0.